The molecule has 0 saturated heterocycles. The van der Waals surface area contributed by atoms with Gasteiger partial charge in [0, 0.05) is 13.1 Å². The van der Waals surface area contributed by atoms with Crippen LogP contribution in [0.15, 0.2) is 4.90 Å². The fourth-order valence-corrected chi connectivity index (χ4v) is 4.08. The van der Waals surface area contributed by atoms with E-state index in [0.717, 1.165) is 12.8 Å². The number of hydrogen-bond donors (Lipinski definition) is 3. The molecule has 2 unspecified atom stereocenters. The molecule has 0 aromatic carbocycles. The summed E-state index contributed by atoms with van der Waals surface area (Å²) in [6.45, 7) is 1.65. The minimum atomic E-state index is -3.75. The molecule has 2 rings (SSSR count). The van der Waals surface area contributed by atoms with E-state index in [2.05, 4.69) is 9.82 Å². The molecule has 1 aromatic rings. The van der Waals surface area contributed by atoms with Gasteiger partial charge >= 0.3 is 0 Å². The van der Waals surface area contributed by atoms with E-state index in [9.17, 15) is 13.5 Å². The second-order valence-corrected chi connectivity index (χ2v) is 6.65. The first-order valence-corrected chi connectivity index (χ1v) is 7.80. The zero-order chi connectivity index (χ0) is 14.2. The summed E-state index contributed by atoms with van der Waals surface area (Å²) in [5, 5.41) is 13.7. The molecule has 1 heterocycles. The molecule has 1 fully saturated rings. The van der Waals surface area contributed by atoms with E-state index in [-0.39, 0.29) is 10.7 Å². The number of nitrogens with two attached hydrogens (primary N) is 1. The smallest absolute Gasteiger partial charge is 0.246 e. The monoisotopic (exact) mass is 288 g/mol. The summed E-state index contributed by atoms with van der Waals surface area (Å²) in [7, 11) is -2.11. The summed E-state index contributed by atoms with van der Waals surface area (Å²) in [4.78, 5) is 0.00720. The van der Waals surface area contributed by atoms with Crippen LogP contribution in [0.4, 0.5) is 5.82 Å². The average molecular weight is 288 g/mol. The number of rotatable bonds is 3. The summed E-state index contributed by atoms with van der Waals surface area (Å²) < 4.78 is 28.7. The number of nitrogens with one attached hydrogen (secondary N) is 1. The van der Waals surface area contributed by atoms with E-state index in [0.29, 0.717) is 18.5 Å². The van der Waals surface area contributed by atoms with Crippen molar-refractivity contribution in [3.05, 3.63) is 5.69 Å². The number of nitrogens with zero attached hydrogens (tertiary/aromatic N) is 2. The Morgan fingerprint density at radius 2 is 2.05 bits per heavy atom. The minimum Gasteiger partial charge on any atom is -0.391 e. The molecular weight excluding hydrogens is 268 g/mol. The van der Waals surface area contributed by atoms with Gasteiger partial charge in [0.1, 0.15) is 4.90 Å². The van der Waals surface area contributed by atoms with E-state index in [1.165, 1.54) is 4.68 Å². The summed E-state index contributed by atoms with van der Waals surface area (Å²) in [5.74, 6) is -0.0159. The van der Waals surface area contributed by atoms with Gasteiger partial charge in [-0.2, -0.15) is 5.10 Å². The fraction of sp³-hybridized carbons (Fsp3) is 0.727. The van der Waals surface area contributed by atoms with Crippen LogP contribution >= 0.6 is 0 Å². The van der Waals surface area contributed by atoms with E-state index in [4.69, 9.17) is 5.73 Å². The standard InChI is InChI=1S/C11H20N4O3S/c1-7-10(11(12)13-15(7)2)19(17,18)14-8-5-3-4-6-9(8)16/h8-9,14,16H,3-6H2,1-2H3,(H2,12,13). The second-order valence-electron chi connectivity index (χ2n) is 5.00. The van der Waals surface area contributed by atoms with E-state index in [1.807, 2.05) is 0 Å². The van der Waals surface area contributed by atoms with Gasteiger partial charge in [0.15, 0.2) is 5.82 Å². The van der Waals surface area contributed by atoms with Gasteiger partial charge < -0.3 is 10.8 Å². The Morgan fingerprint density at radius 1 is 1.42 bits per heavy atom. The van der Waals surface area contributed by atoms with Crippen LogP contribution in [-0.2, 0) is 17.1 Å². The molecule has 1 aliphatic rings. The predicted octanol–water partition coefficient (Wildman–Crippen LogP) is -0.107. The maximum absolute atomic E-state index is 12.3. The maximum atomic E-state index is 12.3. The number of nitrogen functional groups attached to an aromatic ring is 1. The third kappa shape index (κ3) is 2.75. The Hall–Kier alpha value is -1.12. The molecule has 2 atom stereocenters. The summed E-state index contributed by atoms with van der Waals surface area (Å²) in [5.41, 5.74) is 6.14. The minimum absolute atomic E-state index is 0.00720. The van der Waals surface area contributed by atoms with Crippen molar-refractivity contribution >= 4 is 15.8 Å². The van der Waals surface area contributed by atoms with Crippen molar-refractivity contribution in [1.82, 2.24) is 14.5 Å². The molecule has 0 aliphatic heterocycles. The van der Waals surface area contributed by atoms with Crippen LogP contribution in [0.2, 0.25) is 0 Å². The lowest BCUT2D eigenvalue weighted by molar-refractivity contribution is 0.101. The van der Waals surface area contributed by atoms with Crippen LogP contribution in [-0.4, -0.2) is 35.5 Å². The van der Waals surface area contributed by atoms with Crippen molar-refractivity contribution in [2.75, 3.05) is 5.73 Å². The zero-order valence-corrected chi connectivity index (χ0v) is 11.9. The van der Waals surface area contributed by atoms with Crippen LogP contribution in [0, 0.1) is 6.92 Å². The highest BCUT2D eigenvalue weighted by Gasteiger charge is 2.31. The molecule has 1 saturated carbocycles. The van der Waals surface area contributed by atoms with E-state index >= 15 is 0 Å². The lowest BCUT2D eigenvalue weighted by atomic mass is 9.93. The molecule has 1 aliphatic carbocycles. The van der Waals surface area contributed by atoms with Crippen LogP contribution in [0.1, 0.15) is 31.4 Å². The summed E-state index contributed by atoms with van der Waals surface area (Å²) in [6.07, 6.45) is 2.45. The highest BCUT2D eigenvalue weighted by atomic mass is 32.2. The molecule has 0 amide bonds. The first-order chi connectivity index (χ1) is 8.83. The lowest BCUT2D eigenvalue weighted by Gasteiger charge is -2.28. The zero-order valence-electron chi connectivity index (χ0n) is 11.1. The van der Waals surface area contributed by atoms with Crippen LogP contribution < -0.4 is 10.5 Å². The first kappa shape index (κ1) is 14.3. The third-order valence-electron chi connectivity index (χ3n) is 3.61. The molecule has 8 heteroatoms. The van der Waals surface area contributed by atoms with Crippen LogP contribution in [0.25, 0.3) is 0 Å². The number of aliphatic hydroxyl groups excluding tert-OH is 1. The lowest BCUT2D eigenvalue weighted by Crippen LogP contribution is -2.45. The summed E-state index contributed by atoms with van der Waals surface area (Å²) in [6, 6.07) is -0.447. The molecule has 0 spiro atoms. The molecule has 19 heavy (non-hydrogen) atoms. The Balaban J connectivity index is 2.27. The molecule has 7 nitrogen and oxygen atoms in total. The van der Waals surface area contributed by atoms with Gasteiger partial charge in [0.25, 0.3) is 0 Å². The van der Waals surface area contributed by atoms with Crippen molar-refractivity contribution in [3.8, 4) is 0 Å². The number of aliphatic hydroxyl groups is 1. The number of aromatic nitrogens is 2. The van der Waals surface area contributed by atoms with Crippen molar-refractivity contribution in [3.63, 3.8) is 0 Å². The molecule has 1 aromatic heterocycles. The van der Waals surface area contributed by atoms with E-state index < -0.39 is 22.2 Å². The van der Waals surface area contributed by atoms with Gasteiger partial charge in [0.05, 0.1) is 11.8 Å². The molecular formula is C11H20N4O3S. The largest absolute Gasteiger partial charge is 0.391 e. The number of sulfonamides is 1. The molecule has 0 bridgehead atoms. The summed E-state index contributed by atoms with van der Waals surface area (Å²) >= 11 is 0. The van der Waals surface area contributed by atoms with Crippen molar-refractivity contribution in [1.29, 1.82) is 0 Å². The average Bonchev–Trinajstić information content (AvgIpc) is 2.56. The van der Waals surface area contributed by atoms with Gasteiger partial charge in [-0.05, 0) is 19.8 Å². The van der Waals surface area contributed by atoms with Gasteiger partial charge in [0.2, 0.25) is 10.0 Å². The topological polar surface area (TPSA) is 110 Å². The molecule has 108 valence electrons. The SMILES string of the molecule is Cc1c(S(=O)(=O)NC2CCCCC2O)c(N)nn1C. The van der Waals surface area contributed by atoms with Gasteiger partial charge in [-0.15, -0.1) is 0 Å². The predicted molar refractivity (Wildman–Crippen MR) is 70.9 cm³/mol. The highest BCUT2D eigenvalue weighted by Crippen LogP contribution is 2.24. The van der Waals surface area contributed by atoms with Gasteiger partial charge in [-0.3, -0.25) is 4.68 Å². The number of aryl methyl sites for hydroxylation is 1. The van der Waals surface area contributed by atoms with Crippen molar-refractivity contribution in [2.45, 2.75) is 49.6 Å². The Labute approximate surface area is 112 Å². The number of hydrogen-bond acceptors (Lipinski definition) is 5. The number of anilines is 1. The second kappa shape index (κ2) is 5.10. The fourth-order valence-electron chi connectivity index (χ4n) is 2.45. The van der Waals surface area contributed by atoms with Crippen molar-refractivity contribution in [2.24, 2.45) is 7.05 Å². The quantitative estimate of drug-likeness (QED) is 0.719. The first-order valence-electron chi connectivity index (χ1n) is 6.32. The Morgan fingerprint density at radius 3 is 2.58 bits per heavy atom. The van der Waals surface area contributed by atoms with Crippen LogP contribution in [0.3, 0.4) is 0 Å². The maximum Gasteiger partial charge on any atom is 0.246 e. The van der Waals surface area contributed by atoms with Crippen molar-refractivity contribution < 1.29 is 13.5 Å². The highest BCUT2D eigenvalue weighted by molar-refractivity contribution is 7.89. The third-order valence-corrected chi connectivity index (χ3v) is 5.26. The van der Waals surface area contributed by atoms with Gasteiger partial charge in [-0.25, -0.2) is 13.1 Å². The Bertz CT molecular complexity index is 567. The Kier molecular flexibility index (Phi) is 3.84. The molecule has 4 N–H and O–H groups in total. The molecule has 0 radical (unpaired) electrons. The van der Waals surface area contributed by atoms with Crippen LogP contribution in [0.5, 0.6) is 0 Å². The normalized spacial score (nSPS) is 24.6. The van der Waals surface area contributed by atoms with E-state index in [1.54, 1.807) is 14.0 Å². The van der Waals surface area contributed by atoms with Gasteiger partial charge in [-0.1, -0.05) is 12.8 Å².